The van der Waals surface area contributed by atoms with Gasteiger partial charge in [-0.1, -0.05) is 58.2 Å². The Kier molecular flexibility index (Phi) is 6.63. The van der Waals surface area contributed by atoms with E-state index in [0.29, 0.717) is 4.75 Å². The van der Waals surface area contributed by atoms with E-state index in [0.717, 1.165) is 0 Å². The Morgan fingerprint density at radius 1 is 1.13 bits per heavy atom. The molecule has 88 valence electrons. The van der Waals surface area contributed by atoms with Crippen LogP contribution in [0, 0.1) is 0 Å². The van der Waals surface area contributed by atoms with Crippen LogP contribution < -0.4 is 0 Å². The zero-order chi connectivity index (χ0) is 11.1. The topological polar surface area (TPSA) is 0 Å². The average Bonchev–Trinajstić information content (AvgIpc) is 2.59. The molecule has 0 spiro atoms. The summed E-state index contributed by atoms with van der Waals surface area (Å²) in [5.41, 5.74) is 0. The maximum atomic E-state index is 5.32. The zero-order valence-electron chi connectivity index (χ0n) is 9.88. The average molecular weight is 263 g/mol. The SMILES string of the molecule is CCCCCC1(CCCC)CSC(=S)S1. The Morgan fingerprint density at radius 3 is 2.33 bits per heavy atom. The van der Waals surface area contributed by atoms with Crippen LogP contribution in [-0.2, 0) is 0 Å². The second-order valence-corrected chi connectivity index (χ2v) is 8.03. The van der Waals surface area contributed by atoms with Gasteiger partial charge in [0.05, 0.1) is 0 Å². The van der Waals surface area contributed by atoms with Gasteiger partial charge in [0.1, 0.15) is 3.53 Å². The highest BCUT2D eigenvalue weighted by molar-refractivity contribution is 8.49. The molecule has 0 aromatic rings. The van der Waals surface area contributed by atoms with E-state index in [1.165, 1.54) is 54.2 Å². The van der Waals surface area contributed by atoms with Crippen LogP contribution in [0.15, 0.2) is 0 Å². The molecule has 0 aliphatic carbocycles. The summed E-state index contributed by atoms with van der Waals surface area (Å²) in [6.45, 7) is 4.56. The Bertz CT molecular complexity index is 203. The van der Waals surface area contributed by atoms with Crippen LogP contribution in [-0.4, -0.2) is 14.0 Å². The highest BCUT2D eigenvalue weighted by Gasteiger charge is 2.36. The van der Waals surface area contributed by atoms with Gasteiger partial charge in [0.15, 0.2) is 0 Å². The molecular formula is C12H22S3. The van der Waals surface area contributed by atoms with Crippen molar-refractivity contribution in [2.24, 2.45) is 0 Å². The van der Waals surface area contributed by atoms with Gasteiger partial charge in [0.25, 0.3) is 0 Å². The van der Waals surface area contributed by atoms with Crippen LogP contribution in [0.2, 0.25) is 0 Å². The molecule has 0 N–H and O–H groups in total. The van der Waals surface area contributed by atoms with Crippen molar-refractivity contribution in [1.82, 2.24) is 0 Å². The normalized spacial score (nSPS) is 26.1. The fourth-order valence-corrected chi connectivity index (χ4v) is 5.57. The molecule has 0 radical (unpaired) electrons. The summed E-state index contributed by atoms with van der Waals surface area (Å²) in [7, 11) is 0. The lowest BCUT2D eigenvalue weighted by molar-refractivity contribution is 0.499. The lowest BCUT2D eigenvalue weighted by Gasteiger charge is -2.26. The van der Waals surface area contributed by atoms with E-state index in [1.807, 2.05) is 23.5 Å². The molecule has 1 aliphatic heterocycles. The minimum atomic E-state index is 0.507. The first-order valence-corrected chi connectivity index (χ1v) is 8.29. The molecule has 0 amide bonds. The minimum absolute atomic E-state index is 0.507. The van der Waals surface area contributed by atoms with E-state index >= 15 is 0 Å². The van der Waals surface area contributed by atoms with Gasteiger partial charge in [-0.05, 0) is 12.8 Å². The molecule has 1 unspecified atom stereocenters. The largest absolute Gasteiger partial charge is 0.106 e. The standard InChI is InChI=1S/C12H22S3/c1-3-5-7-9-12(8-6-4-2)10-14-11(13)15-12/h3-10H2,1-2H3. The van der Waals surface area contributed by atoms with Crippen LogP contribution in [0.25, 0.3) is 0 Å². The summed E-state index contributed by atoms with van der Waals surface area (Å²) < 4.78 is 1.69. The molecule has 1 aliphatic rings. The summed E-state index contributed by atoms with van der Waals surface area (Å²) in [5.74, 6) is 1.26. The van der Waals surface area contributed by atoms with Crippen molar-refractivity contribution in [1.29, 1.82) is 0 Å². The smallest absolute Gasteiger partial charge is 0.104 e. The Morgan fingerprint density at radius 2 is 1.80 bits per heavy atom. The van der Waals surface area contributed by atoms with E-state index in [1.54, 1.807) is 0 Å². The van der Waals surface area contributed by atoms with E-state index in [2.05, 4.69) is 13.8 Å². The Hall–Kier alpha value is 0.790. The van der Waals surface area contributed by atoms with Gasteiger partial charge < -0.3 is 0 Å². The van der Waals surface area contributed by atoms with Crippen LogP contribution in [0.5, 0.6) is 0 Å². The van der Waals surface area contributed by atoms with E-state index in [-0.39, 0.29) is 0 Å². The highest BCUT2D eigenvalue weighted by atomic mass is 32.2. The zero-order valence-corrected chi connectivity index (χ0v) is 12.3. The number of thiocarbonyl (C=S) groups is 1. The number of hydrogen-bond acceptors (Lipinski definition) is 3. The highest BCUT2D eigenvalue weighted by Crippen LogP contribution is 2.48. The number of hydrogen-bond donors (Lipinski definition) is 0. The molecule has 0 bridgehead atoms. The summed E-state index contributed by atoms with van der Waals surface area (Å²) >= 11 is 9.23. The van der Waals surface area contributed by atoms with Crippen molar-refractivity contribution in [3.8, 4) is 0 Å². The molecule has 1 heterocycles. The van der Waals surface area contributed by atoms with Gasteiger partial charge in [0.2, 0.25) is 0 Å². The van der Waals surface area contributed by atoms with E-state index < -0.39 is 0 Å². The molecule has 0 aromatic carbocycles. The molecular weight excluding hydrogens is 240 g/mol. The lowest BCUT2D eigenvalue weighted by Crippen LogP contribution is -2.24. The third kappa shape index (κ3) is 4.66. The third-order valence-corrected chi connectivity index (χ3v) is 6.45. The fraction of sp³-hybridized carbons (Fsp3) is 0.917. The summed E-state index contributed by atoms with van der Waals surface area (Å²) in [6.07, 6.45) is 9.51. The minimum Gasteiger partial charge on any atom is -0.106 e. The third-order valence-electron chi connectivity index (χ3n) is 2.97. The molecule has 0 nitrogen and oxygen atoms in total. The molecule has 1 fully saturated rings. The second-order valence-electron chi connectivity index (χ2n) is 4.38. The first kappa shape index (κ1) is 13.9. The van der Waals surface area contributed by atoms with Gasteiger partial charge in [-0.15, -0.1) is 23.5 Å². The van der Waals surface area contributed by atoms with Crippen LogP contribution in [0.4, 0.5) is 0 Å². The Labute approximate surface area is 108 Å². The van der Waals surface area contributed by atoms with Gasteiger partial charge >= 0.3 is 0 Å². The van der Waals surface area contributed by atoms with Crippen molar-refractivity contribution < 1.29 is 0 Å². The van der Waals surface area contributed by atoms with Crippen molar-refractivity contribution in [3.05, 3.63) is 0 Å². The number of rotatable bonds is 7. The fourth-order valence-electron chi connectivity index (χ4n) is 1.99. The van der Waals surface area contributed by atoms with Crippen molar-refractivity contribution >= 4 is 39.3 Å². The van der Waals surface area contributed by atoms with Crippen LogP contribution in [0.1, 0.15) is 58.8 Å². The Balaban J connectivity index is 2.41. The van der Waals surface area contributed by atoms with E-state index in [9.17, 15) is 0 Å². The van der Waals surface area contributed by atoms with Crippen LogP contribution >= 0.6 is 35.7 Å². The van der Waals surface area contributed by atoms with Crippen molar-refractivity contribution in [3.63, 3.8) is 0 Å². The molecule has 15 heavy (non-hydrogen) atoms. The maximum Gasteiger partial charge on any atom is 0.104 e. The number of unbranched alkanes of at least 4 members (excludes halogenated alkanes) is 3. The van der Waals surface area contributed by atoms with Crippen molar-refractivity contribution in [2.75, 3.05) is 5.75 Å². The van der Waals surface area contributed by atoms with Gasteiger partial charge in [0, 0.05) is 10.5 Å². The first-order chi connectivity index (χ1) is 7.22. The predicted molar refractivity (Wildman–Crippen MR) is 79.0 cm³/mol. The summed E-state index contributed by atoms with van der Waals surface area (Å²) in [5, 5.41) is 0. The number of thioether (sulfide) groups is 2. The summed E-state index contributed by atoms with van der Waals surface area (Å²) in [4.78, 5) is 0. The molecule has 1 saturated heterocycles. The molecule has 3 heteroatoms. The first-order valence-electron chi connectivity index (χ1n) is 6.08. The summed E-state index contributed by atoms with van der Waals surface area (Å²) in [6, 6.07) is 0. The quantitative estimate of drug-likeness (QED) is 0.454. The van der Waals surface area contributed by atoms with Gasteiger partial charge in [-0.25, -0.2) is 0 Å². The van der Waals surface area contributed by atoms with Crippen molar-refractivity contribution in [2.45, 2.75) is 63.5 Å². The second kappa shape index (κ2) is 7.18. The lowest BCUT2D eigenvalue weighted by atomic mass is 9.96. The maximum absolute atomic E-state index is 5.32. The molecule has 0 saturated carbocycles. The molecule has 1 rings (SSSR count). The monoisotopic (exact) mass is 262 g/mol. The molecule has 0 aromatic heterocycles. The predicted octanol–water partition coefficient (Wildman–Crippen LogP) is 5.26. The van der Waals surface area contributed by atoms with Crippen LogP contribution in [0.3, 0.4) is 0 Å². The van der Waals surface area contributed by atoms with E-state index in [4.69, 9.17) is 12.2 Å². The van der Waals surface area contributed by atoms with Gasteiger partial charge in [-0.2, -0.15) is 0 Å². The molecule has 1 atom stereocenters. The van der Waals surface area contributed by atoms with Gasteiger partial charge in [-0.3, -0.25) is 0 Å².